The van der Waals surface area contributed by atoms with Crippen LogP contribution in [-0.2, 0) is 4.74 Å². The molecule has 5 nitrogen and oxygen atoms in total. The predicted octanol–water partition coefficient (Wildman–Crippen LogP) is 4.11. The highest BCUT2D eigenvalue weighted by molar-refractivity contribution is 5.76. The smallest absolute Gasteiger partial charge is 0.161 e. The third-order valence-electron chi connectivity index (χ3n) is 3.83. The van der Waals surface area contributed by atoms with Crippen LogP contribution in [0, 0.1) is 0 Å². The summed E-state index contributed by atoms with van der Waals surface area (Å²) in [5, 5.41) is 0. The van der Waals surface area contributed by atoms with E-state index in [1.807, 2.05) is 12.1 Å². The largest absolute Gasteiger partial charge is 0.493 e. The molecule has 0 bridgehead atoms. The molecular formula is C21H26O5. The molecule has 2 aromatic carbocycles. The second-order valence-electron chi connectivity index (χ2n) is 6.06. The maximum Gasteiger partial charge on any atom is 0.161 e. The third-order valence-corrected chi connectivity index (χ3v) is 3.83. The lowest BCUT2D eigenvalue weighted by atomic mass is 10.0. The van der Waals surface area contributed by atoms with Crippen LogP contribution in [0.15, 0.2) is 42.5 Å². The number of carbonyl (C=O) groups excluding carboxylic acids is 1. The van der Waals surface area contributed by atoms with Gasteiger partial charge in [0.25, 0.3) is 0 Å². The van der Waals surface area contributed by atoms with E-state index in [1.54, 1.807) is 25.3 Å². The molecular weight excluding hydrogens is 332 g/mol. The van der Waals surface area contributed by atoms with Gasteiger partial charge in [0.1, 0.15) is 25.2 Å². The molecule has 26 heavy (non-hydrogen) atoms. The van der Waals surface area contributed by atoms with Crippen LogP contribution in [-0.4, -0.2) is 39.8 Å². The van der Waals surface area contributed by atoms with Gasteiger partial charge in [0.05, 0.1) is 20.3 Å². The minimum absolute atomic E-state index is 0.389. The number of ether oxygens (including phenoxy) is 4. The van der Waals surface area contributed by atoms with Crippen LogP contribution in [0.5, 0.6) is 17.2 Å². The average molecular weight is 358 g/mol. The van der Waals surface area contributed by atoms with E-state index in [4.69, 9.17) is 18.9 Å². The Morgan fingerprint density at radius 3 is 2.38 bits per heavy atom. The van der Waals surface area contributed by atoms with Crippen LogP contribution in [0.4, 0.5) is 0 Å². The molecule has 0 spiro atoms. The summed E-state index contributed by atoms with van der Waals surface area (Å²) in [7, 11) is 1.54. The van der Waals surface area contributed by atoms with Gasteiger partial charge in [0, 0.05) is 5.56 Å². The Kier molecular flexibility index (Phi) is 7.96. The predicted molar refractivity (Wildman–Crippen MR) is 101 cm³/mol. The Hall–Kier alpha value is -2.53. The van der Waals surface area contributed by atoms with Crippen LogP contribution in [0.2, 0.25) is 0 Å². The summed E-state index contributed by atoms with van der Waals surface area (Å²) in [6, 6.07) is 13.2. The van der Waals surface area contributed by atoms with Gasteiger partial charge < -0.3 is 18.9 Å². The van der Waals surface area contributed by atoms with Gasteiger partial charge in [-0.3, -0.25) is 4.79 Å². The number of aldehydes is 1. The first kappa shape index (κ1) is 19.8. The van der Waals surface area contributed by atoms with Gasteiger partial charge in [-0.1, -0.05) is 26.0 Å². The lowest BCUT2D eigenvalue weighted by Gasteiger charge is -2.12. The summed E-state index contributed by atoms with van der Waals surface area (Å²) >= 11 is 0. The van der Waals surface area contributed by atoms with Crippen LogP contribution in [0.3, 0.4) is 0 Å². The number of rotatable bonds is 11. The number of hydrogen-bond donors (Lipinski definition) is 0. The summed E-state index contributed by atoms with van der Waals surface area (Å²) in [6.07, 6.45) is 0.770. The summed E-state index contributed by atoms with van der Waals surface area (Å²) in [5.41, 5.74) is 1.80. The first-order valence-electron chi connectivity index (χ1n) is 8.70. The van der Waals surface area contributed by atoms with Crippen molar-refractivity contribution in [1.82, 2.24) is 0 Å². The molecule has 0 amide bonds. The quantitative estimate of drug-likeness (QED) is 0.447. The fraction of sp³-hybridized carbons (Fsp3) is 0.381. The van der Waals surface area contributed by atoms with Crippen LogP contribution in [0.25, 0.3) is 0 Å². The maximum atomic E-state index is 10.8. The van der Waals surface area contributed by atoms with Gasteiger partial charge in [0.15, 0.2) is 11.5 Å². The van der Waals surface area contributed by atoms with E-state index in [-0.39, 0.29) is 0 Å². The number of methoxy groups -OCH3 is 1. The summed E-state index contributed by atoms with van der Waals surface area (Å²) in [6.45, 7) is 6.11. The number of hydrogen-bond acceptors (Lipinski definition) is 5. The molecule has 0 N–H and O–H groups in total. The minimum Gasteiger partial charge on any atom is -0.493 e. The zero-order chi connectivity index (χ0) is 18.8. The van der Waals surface area contributed by atoms with Gasteiger partial charge in [0.2, 0.25) is 0 Å². The van der Waals surface area contributed by atoms with Crippen LogP contribution in [0.1, 0.15) is 35.7 Å². The van der Waals surface area contributed by atoms with E-state index in [0.717, 1.165) is 12.0 Å². The van der Waals surface area contributed by atoms with Crippen molar-refractivity contribution in [3.8, 4) is 17.2 Å². The molecule has 0 heterocycles. The molecule has 5 heteroatoms. The van der Waals surface area contributed by atoms with E-state index in [9.17, 15) is 4.79 Å². The molecule has 0 unspecified atom stereocenters. The second-order valence-corrected chi connectivity index (χ2v) is 6.06. The first-order chi connectivity index (χ1) is 12.6. The van der Waals surface area contributed by atoms with Gasteiger partial charge in [-0.05, 0) is 41.8 Å². The fourth-order valence-electron chi connectivity index (χ4n) is 2.37. The minimum atomic E-state index is 0.389. The second kappa shape index (κ2) is 10.5. The molecule has 0 aliphatic carbocycles. The maximum absolute atomic E-state index is 10.8. The van der Waals surface area contributed by atoms with Crippen molar-refractivity contribution >= 4 is 6.29 Å². The Morgan fingerprint density at radius 1 is 0.923 bits per heavy atom. The molecule has 140 valence electrons. The Labute approximate surface area is 154 Å². The standard InChI is InChI=1S/C21H26O5/c1-16(2)18-5-4-6-19(14-18)25-11-9-24-10-12-26-20-8-7-17(15-22)13-21(20)23-3/h4-8,13-16H,9-12H2,1-3H3. The topological polar surface area (TPSA) is 54.0 Å². The molecule has 2 aromatic rings. The van der Waals surface area contributed by atoms with Gasteiger partial charge in [-0.15, -0.1) is 0 Å². The Morgan fingerprint density at radius 2 is 1.69 bits per heavy atom. The van der Waals surface area contributed by atoms with E-state index in [1.165, 1.54) is 5.56 Å². The van der Waals surface area contributed by atoms with Gasteiger partial charge >= 0.3 is 0 Å². The summed E-state index contributed by atoms with van der Waals surface area (Å²) in [5.74, 6) is 2.45. The SMILES string of the molecule is COc1cc(C=O)ccc1OCCOCCOc1cccc(C(C)C)c1. The molecule has 2 rings (SSSR count). The molecule has 0 aromatic heterocycles. The monoisotopic (exact) mass is 358 g/mol. The van der Waals surface area contributed by atoms with Crippen LogP contribution >= 0.6 is 0 Å². The van der Waals surface area contributed by atoms with Crippen molar-refractivity contribution < 1.29 is 23.7 Å². The fourth-order valence-corrected chi connectivity index (χ4v) is 2.37. The van der Waals surface area contributed by atoms with Gasteiger partial charge in [-0.2, -0.15) is 0 Å². The highest BCUT2D eigenvalue weighted by Gasteiger charge is 2.05. The molecule has 0 atom stereocenters. The molecule has 0 saturated carbocycles. The molecule has 0 aliphatic heterocycles. The highest BCUT2D eigenvalue weighted by Crippen LogP contribution is 2.27. The van der Waals surface area contributed by atoms with Crippen molar-refractivity contribution in [1.29, 1.82) is 0 Å². The van der Waals surface area contributed by atoms with Gasteiger partial charge in [-0.25, -0.2) is 0 Å². The highest BCUT2D eigenvalue weighted by atomic mass is 16.6. The third kappa shape index (κ3) is 6.08. The molecule has 0 radical (unpaired) electrons. The zero-order valence-electron chi connectivity index (χ0n) is 15.6. The number of carbonyl (C=O) groups is 1. The average Bonchev–Trinajstić information content (AvgIpc) is 2.67. The lowest BCUT2D eigenvalue weighted by Crippen LogP contribution is -2.12. The van der Waals surface area contributed by atoms with E-state index < -0.39 is 0 Å². The Bertz CT molecular complexity index is 697. The van der Waals surface area contributed by atoms with Crippen molar-refractivity contribution in [2.75, 3.05) is 33.5 Å². The van der Waals surface area contributed by atoms with Crippen molar-refractivity contribution in [3.05, 3.63) is 53.6 Å². The van der Waals surface area contributed by atoms with Crippen molar-refractivity contribution in [3.63, 3.8) is 0 Å². The summed E-state index contributed by atoms with van der Waals surface area (Å²) in [4.78, 5) is 10.8. The normalized spacial score (nSPS) is 10.6. The summed E-state index contributed by atoms with van der Waals surface area (Å²) < 4.78 is 22.1. The van der Waals surface area contributed by atoms with Crippen molar-refractivity contribution in [2.24, 2.45) is 0 Å². The zero-order valence-corrected chi connectivity index (χ0v) is 15.6. The number of benzene rings is 2. The molecule has 0 fully saturated rings. The van der Waals surface area contributed by atoms with Crippen LogP contribution < -0.4 is 14.2 Å². The molecule has 0 aliphatic rings. The van der Waals surface area contributed by atoms with E-state index in [2.05, 4.69) is 26.0 Å². The van der Waals surface area contributed by atoms with E-state index >= 15 is 0 Å². The first-order valence-corrected chi connectivity index (χ1v) is 8.70. The van der Waals surface area contributed by atoms with Crippen molar-refractivity contribution in [2.45, 2.75) is 19.8 Å². The molecule has 0 saturated heterocycles. The Balaban J connectivity index is 1.65. The lowest BCUT2D eigenvalue weighted by molar-refractivity contribution is 0.0757. The van der Waals surface area contributed by atoms with E-state index in [0.29, 0.717) is 49.4 Å².